The van der Waals surface area contributed by atoms with Gasteiger partial charge in [-0.2, -0.15) is 13.2 Å². The standard InChI is InChI=1S/C13H9F5O/c14-10-6-2-1-4-8(10)9-5-3-7-11(19)12(9,15)13(16,17)18/h1-7,11,19H. The Kier molecular flexibility index (Phi) is 3.22. The molecule has 0 bridgehead atoms. The third-order valence-corrected chi connectivity index (χ3v) is 2.93. The van der Waals surface area contributed by atoms with Gasteiger partial charge < -0.3 is 5.11 Å². The summed E-state index contributed by atoms with van der Waals surface area (Å²) >= 11 is 0. The zero-order chi connectivity index (χ0) is 14.3. The van der Waals surface area contributed by atoms with Gasteiger partial charge in [-0.25, -0.2) is 8.78 Å². The first kappa shape index (κ1) is 13.7. The van der Waals surface area contributed by atoms with Crippen molar-refractivity contribution in [2.75, 3.05) is 0 Å². The molecule has 0 radical (unpaired) electrons. The van der Waals surface area contributed by atoms with E-state index in [0.29, 0.717) is 6.08 Å². The van der Waals surface area contributed by atoms with Crippen LogP contribution in [0.5, 0.6) is 0 Å². The van der Waals surface area contributed by atoms with Gasteiger partial charge in [0.1, 0.15) is 11.9 Å². The molecule has 0 spiro atoms. The van der Waals surface area contributed by atoms with Crippen molar-refractivity contribution in [1.82, 2.24) is 0 Å². The van der Waals surface area contributed by atoms with Crippen molar-refractivity contribution in [3.63, 3.8) is 0 Å². The minimum absolute atomic E-state index is 0.522. The van der Waals surface area contributed by atoms with Crippen LogP contribution in [0.2, 0.25) is 0 Å². The number of hydrogen-bond donors (Lipinski definition) is 1. The number of aliphatic hydroxyl groups excluding tert-OH is 1. The van der Waals surface area contributed by atoms with E-state index in [0.717, 1.165) is 24.3 Å². The van der Waals surface area contributed by atoms with Crippen LogP contribution in [0.25, 0.3) is 5.57 Å². The average Bonchev–Trinajstić information content (AvgIpc) is 2.32. The first-order valence-corrected chi connectivity index (χ1v) is 5.36. The van der Waals surface area contributed by atoms with Crippen molar-refractivity contribution in [3.05, 3.63) is 53.9 Å². The summed E-state index contributed by atoms with van der Waals surface area (Å²) < 4.78 is 66.6. The summed E-state index contributed by atoms with van der Waals surface area (Å²) in [6, 6.07) is 4.54. The fourth-order valence-electron chi connectivity index (χ4n) is 1.96. The fourth-order valence-corrected chi connectivity index (χ4v) is 1.96. The Hall–Kier alpha value is -1.69. The summed E-state index contributed by atoms with van der Waals surface area (Å²) in [4.78, 5) is 0. The van der Waals surface area contributed by atoms with E-state index in [4.69, 9.17) is 0 Å². The molecule has 2 rings (SSSR count). The molecule has 102 valence electrons. The van der Waals surface area contributed by atoms with E-state index in [1.54, 1.807) is 0 Å². The van der Waals surface area contributed by atoms with E-state index in [1.165, 1.54) is 12.1 Å². The number of aliphatic hydroxyl groups is 1. The Bertz CT molecular complexity index is 546. The third-order valence-electron chi connectivity index (χ3n) is 2.93. The summed E-state index contributed by atoms with van der Waals surface area (Å²) in [6.07, 6.45) is -5.20. The molecule has 1 aliphatic rings. The number of halogens is 5. The van der Waals surface area contributed by atoms with E-state index >= 15 is 0 Å². The number of alkyl halides is 4. The van der Waals surface area contributed by atoms with Crippen LogP contribution in [0.1, 0.15) is 5.56 Å². The molecule has 2 unspecified atom stereocenters. The summed E-state index contributed by atoms with van der Waals surface area (Å²) in [5, 5.41) is 9.34. The monoisotopic (exact) mass is 276 g/mol. The van der Waals surface area contributed by atoms with Crippen LogP contribution in [-0.4, -0.2) is 23.1 Å². The molecule has 1 nitrogen and oxygen atoms in total. The molecule has 0 aromatic heterocycles. The van der Waals surface area contributed by atoms with Crippen LogP contribution >= 0.6 is 0 Å². The van der Waals surface area contributed by atoms with E-state index < -0.39 is 34.9 Å². The van der Waals surface area contributed by atoms with Crippen LogP contribution in [0.4, 0.5) is 22.0 Å². The molecule has 0 fully saturated rings. The van der Waals surface area contributed by atoms with Gasteiger partial charge in [-0.15, -0.1) is 0 Å². The Labute approximate surface area is 105 Å². The minimum Gasteiger partial charge on any atom is -0.385 e. The second kappa shape index (κ2) is 4.45. The van der Waals surface area contributed by atoms with Gasteiger partial charge in [-0.3, -0.25) is 0 Å². The van der Waals surface area contributed by atoms with Gasteiger partial charge in [0.25, 0.3) is 5.67 Å². The highest BCUT2D eigenvalue weighted by Crippen LogP contribution is 2.48. The lowest BCUT2D eigenvalue weighted by molar-refractivity contribution is -0.229. The molecule has 1 N–H and O–H groups in total. The molecule has 0 aliphatic heterocycles. The van der Waals surface area contributed by atoms with Crippen molar-refractivity contribution in [2.24, 2.45) is 0 Å². The first-order chi connectivity index (χ1) is 8.78. The SMILES string of the molecule is OC1C=CC=C(c2ccccc2F)C1(F)C(F)(F)F. The van der Waals surface area contributed by atoms with Gasteiger partial charge in [0.05, 0.1) is 0 Å². The molecule has 19 heavy (non-hydrogen) atoms. The zero-order valence-corrected chi connectivity index (χ0v) is 9.46. The van der Waals surface area contributed by atoms with Crippen LogP contribution in [0.15, 0.2) is 42.5 Å². The molecule has 1 aliphatic carbocycles. The summed E-state index contributed by atoms with van der Waals surface area (Å²) in [5.41, 5.74) is -5.48. The van der Waals surface area contributed by atoms with Crippen molar-refractivity contribution >= 4 is 5.57 Å². The van der Waals surface area contributed by atoms with Crippen molar-refractivity contribution in [3.8, 4) is 0 Å². The van der Waals surface area contributed by atoms with Crippen molar-refractivity contribution in [2.45, 2.75) is 17.9 Å². The van der Waals surface area contributed by atoms with Gasteiger partial charge in [0, 0.05) is 11.1 Å². The lowest BCUT2D eigenvalue weighted by Gasteiger charge is -2.35. The van der Waals surface area contributed by atoms with Gasteiger partial charge in [-0.05, 0) is 6.07 Å². The molecular formula is C13H9F5O. The highest BCUT2D eigenvalue weighted by molar-refractivity contribution is 5.77. The predicted octanol–water partition coefficient (Wildman–Crippen LogP) is 3.41. The Balaban J connectivity index is 2.63. The summed E-state index contributed by atoms with van der Waals surface area (Å²) in [7, 11) is 0. The molecule has 0 saturated carbocycles. The Morgan fingerprint density at radius 1 is 1.16 bits per heavy atom. The number of hydrogen-bond acceptors (Lipinski definition) is 1. The van der Waals surface area contributed by atoms with E-state index in [-0.39, 0.29) is 0 Å². The van der Waals surface area contributed by atoms with E-state index in [9.17, 15) is 27.1 Å². The normalized spacial score (nSPS) is 27.3. The number of allylic oxidation sites excluding steroid dienone is 2. The maximum Gasteiger partial charge on any atom is 0.429 e. The molecule has 0 saturated heterocycles. The highest BCUT2D eigenvalue weighted by atomic mass is 19.4. The Morgan fingerprint density at radius 3 is 2.37 bits per heavy atom. The smallest absolute Gasteiger partial charge is 0.385 e. The first-order valence-electron chi connectivity index (χ1n) is 5.36. The summed E-state index contributed by atoms with van der Waals surface area (Å²) in [5.74, 6) is -0.984. The lowest BCUT2D eigenvalue weighted by Crippen LogP contribution is -2.51. The van der Waals surface area contributed by atoms with Crippen LogP contribution in [0, 0.1) is 5.82 Å². The number of rotatable bonds is 1. The van der Waals surface area contributed by atoms with Crippen molar-refractivity contribution in [1.29, 1.82) is 0 Å². The maximum absolute atomic E-state index is 14.3. The average molecular weight is 276 g/mol. The van der Waals surface area contributed by atoms with E-state index in [2.05, 4.69) is 0 Å². The second-order valence-corrected chi connectivity index (χ2v) is 4.10. The largest absolute Gasteiger partial charge is 0.429 e. The molecular weight excluding hydrogens is 267 g/mol. The molecule has 6 heteroatoms. The topological polar surface area (TPSA) is 20.2 Å². The highest BCUT2D eigenvalue weighted by Gasteiger charge is 2.63. The zero-order valence-electron chi connectivity index (χ0n) is 9.46. The van der Waals surface area contributed by atoms with Crippen LogP contribution in [-0.2, 0) is 0 Å². The Morgan fingerprint density at radius 2 is 1.79 bits per heavy atom. The minimum atomic E-state index is -5.36. The molecule has 1 aromatic carbocycles. The maximum atomic E-state index is 14.3. The third kappa shape index (κ3) is 2.06. The molecule has 0 heterocycles. The lowest BCUT2D eigenvalue weighted by atomic mass is 9.81. The quantitative estimate of drug-likeness (QED) is 0.779. The molecule has 1 aromatic rings. The van der Waals surface area contributed by atoms with Gasteiger partial charge in [0.2, 0.25) is 0 Å². The molecule has 2 atom stereocenters. The van der Waals surface area contributed by atoms with Gasteiger partial charge in [-0.1, -0.05) is 36.4 Å². The molecule has 0 amide bonds. The predicted molar refractivity (Wildman–Crippen MR) is 59.4 cm³/mol. The number of benzene rings is 1. The summed E-state index contributed by atoms with van der Waals surface area (Å²) in [6.45, 7) is 0. The fraction of sp³-hybridized carbons (Fsp3) is 0.231. The van der Waals surface area contributed by atoms with Crippen LogP contribution < -0.4 is 0 Å². The second-order valence-electron chi connectivity index (χ2n) is 4.10. The van der Waals surface area contributed by atoms with Gasteiger partial charge in [0.15, 0.2) is 0 Å². The van der Waals surface area contributed by atoms with Gasteiger partial charge >= 0.3 is 6.18 Å². The van der Waals surface area contributed by atoms with Crippen LogP contribution in [0.3, 0.4) is 0 Å². The van der Waals surface area contributed by atoms with E-state index in [1.807, 2.05) is 0 Å². The van der Waals surface area contributed by atoms with Crippen molar-refractivity contribution < 1.29 is 27.1 Å².